The zero-order chi connectivity index (χ0) is 22.8. The second-order valence-corrected chi connectivity index (χ2v) is 7.76. The molecule has 3 rings (SSSR count). The van der Waals surface area contributed by atoms with Crippen molar-refractivity contribution in [2.45, 2.75) is 39.0 Å². The van der Waals surface area contributed by atoms with Gasteiger partial charge in [0, 0.05) is 32.7 Å². The first-order chi connectivity index (χ1) is 15.5. The summed E-state index contributed by atoms with van der Waals surface area (Å²) >= 11 is 0. The van der Waals surface area contributed by atoms with Gasteiger partial charge in [-0.3, -0.25) is 9.89 Å². The fourth-order valence-corrected chi connectivity index (χ4v) is 3.75. The minimum Gasteiger partial charge on any atom is -0.435 e. The highest BCUT2D eigenvalue weighted by atomic mass is 127. The van der Waals surface area contributed by atoms with Gasteiger partial charge in [-0.05, 0) is 48.6 Å². The third kappa shape index (κ3) is 9.05. The highest BCUT2D eigenvalue weighted by Gasteiger charge is 2.15. The van der Waals surface area contributed by atoms with Crippen LogP contribution in [0.2, 0.25) is 0 Å². The molecule has 182 valence electrons. The molecule has 0 amide bonds. The number of aliphatic imine (C=N–C) groups is 1. The summed E-state index contributed by atoms with van der Waals surface area (Å²) in [7, 11) is 0. The van der Waals surface area contributed by atoms with Crippen LogP contribution in [0.4, 0.5) is 8.78 Å². The minimum atomic E-state index is -2.87. The monoisotopic (exact) mass is 574 g/mol. The molecule has 2 aromatic carbocycles. The van der Waals surface area contributed by atoms with Crippen LogP contribution >= 0.6 is 24.0 Å². The zero-order valence-electron chi connectivity index (χ0n) is 18.8. The molecule has 0 fully saturated rings. The van der Waals surface area contributed by atoms with E-state index in [1.54, 1.807) is 12.1 Å². The van der Waals surface area contributed by atoms with Crippen molar-refractivity contribution < 1.29 is 18.6 Å². The summed E-state index contributed by atoms with van der Waals surface area (Å²) in [5.41, 5.74) is 3.47. The van der Waals surface area contributed by atoms with Gasteiger partial charge < -0.3 is 20.5 Å². The standard InChI is InChI=1S/C24H32F2N4O2.HI/c1-2-27-24(29-16-22(31)19-8-10-21(11-9-19)32-23(25)26)28-13-5-14-30-15-12-18-6-3-4-7-20(18)17-30;/h3-4,6-11,22-23,31H,2,5,12-17H2,1H3,(H2,27,28,29);1H. The topological polar surface area (TPSA) is 69.1 Å². The van der Waals surface area contributed by atoms with Crippen molar-refractivity contribution in [2.24, 2.45) is 4.99 Å². The van der Waals surface area contributed by atoms with Gasteiger partial charge in [0.05, 0.1) is 12.6 Å². The number of aliphatic hydroxyl groups excluding tert-OH is 1. The molecule has 1 atom stereocenters. The molecular weight excluding hydrogens is 541 g/mol. The zero-order valence-corrected chi connectivity index (χ0v) is 21.2. The second-order valence-electron chi connectivity index (χ2n) is 7.76. The van der Waals surface area contributed by atoms with Crippen molar-refractivity contribution >= 4 is 29.9 Å². The van der Waals surface area contributed by atoms with E-state index in [1.165, 1.54) is 23.3 Å². The fourth-order valence-electron chi connectivity index (χ4n) is 3.75. The van der Waals surface area contributed by atoms with Gasteiger partial charge in [-0.1, -0.05) is 36.4 Å². The molecule has 0 saturated carbocycles. The van der Waals surface area contributed by atoms with Gasteiger partial charge in [-0.25, -0.2) is 0 Å². The molecule has 0 aromatic heterocycles. The molecular formula is C24H33F2IN4O2. The van der Waals surface area contributed by atoms with E-state index < -0.39 is 12.7 Å². The molecule has 1 unspecified atom stereocenters. The number of hydrogen-bond acceptors (Lipinski definition) is 4. The van der Waals surface area contributed by atoms with E-state index >= 15 is 0 Å². The van der Waals surface area contributed by atoms with Crippen LogP contribution in [0.25, 0.3) is 0 Å². The number of aliphatic hydroxyl groups is 1. The molecule has 3 N–H and O–H groups in total. The molecule has 1 heterocycles. The lowest BCUT2D eigenvalue weighted by Gasteiger charge is -2.28. The van der Waals surface area contributed by atoms with Crippen molar-refractivity contribution in [1.82, 2.24) is 15.5 Å². The van der Waals surface area contributed by atoms with E-state index in [0.29, 0.717) is 18.1 Å². The van der Waals surface area contributed by atoms with Gasteiger partial charge in [0.1, 0.15) is 5.75 Å². The van der Waals surface area contributed by atoms with Crippen LogP contribution in [-0.2, 0) is 13.0 Å². The molecule has 1 aliphatic heterocycles. The van der Waals surface area contributed by atoms with E-state index in [0.717, 1.165) is 39.0 Å². The van der Waals surface area contributed by atoms with Crippen LogP contribution in [0, 0.1) is 0 Å². The van der Waals surface area contributed by atoms with Crippen molar-refractivity contribution in [3.8, 4) is 5.75 Å². The van der Waals surface area contributed by atoms with Crippen LogP contribution in [0.15, 0.2) is 53.5 Å². The van der Waals surface area contributed by atoms with Gasteiger partial charge in [0.25, 0.3) is 0 Å². The molecule has 6 nitrogen and oxygen atoms in total. The highest BCUT2D eigenvalue weighted by molar-refractivity contribution is 14.0. The predicted molar refractivity (Wildman–Crippen MR) is 137 cm³/mol. The fraction of sp³-hybridized carbons (Fsp3) is 0.458. The largest absolute Gasteiger partial charge is 0.435 e. The summed E-state index contributed by atoms with van der Waals surface area (Å²) in [6, 6.07) is 14.6. The number of fused-ring (bicyclic) bond motifs is 1. The van der Waals surface area contributed by atoms with E-state index in [1.807, 2.05) is 6.92 Å². The molecule has 33 heavy (non-hydrogen) atoms. The molecule has 9 heteroatoms. The van der Waals surface area contributed by atoms with Crippen LogP contribution in [0.5, 0.6) is 5.75 Å². The maximum atomic E-state index is 12.2. The van der Waals surface area contributed by atoms with E-state index in [-0.39, 0.29) is 36.3 Å². The Balaban J connectivity index is 0.00000385. The smallest absolute Gasteiger partial charge is 0.387 e. The third-order valence-corrected chi connectivity index (χ3v) is 5.41. The number of rotatable bonds is 10. The Bertz CT molecular complexity index is 868. The first-order valence-electron chi connectivity index (χ1n) is 11.1. The van der Waals surface area contributed by atoms with Gasteiger partial charge >= 0.3 is 6.61 Å². The van der Waals surface area contributed by atoms with E-state index in [4.69, 9.17) is 0 Å². The maximum Gasteiger partial charge on any atom is 0.387 e. The molecule has 0 spiro atoms. The summed E-state index contributed by atoms with van der Waals surface area (Å²) in [4.78, 5) is 6.93. The van der Waals surface area contributed by atoms with Crippen molar-refractivity contribution in [3.05, 3.63) is 65.2 Å². The van der Waals surface area contributed by atoms with Crippen molar-refractivity contribution in [3.63, 3.8) is 0 Å². The minimum absolute atomic E-state index is 0. The van der Waals surface area contributed by atoms with Crippen LogP contribution < -0.4 is 15.4 Å². The van der Waals surface area contributed by atoms with Gasteiger partial charge in [-0.2, -0.15) is 8.78 Å². The van der Waals surface area contributed by atoms with Crippen molar-refractivity contribution in [2.75, 3.05) is 32.7 Å². The summed E-state index contributed by atoms with van der Waals surface area (Å²) in [5.74, 6) is 0.708. The number of halogens is 3. The summed E-state index contributed by atoms with van der Waals surface area (Å²) in [6.07, 6.45) is 1.25. The third-order valence-electron chi connectivity index (χ3n) is 5.41. The lowest BCUT2D eigenvalue weighted by atomic mass is 10.00. The number of benzene rings is 2. The summed E-state index contributed by atoms with van der Waals surface area (Å²) in [5, 5.41) is 16.9. The van der Waals surface area contributed by atoms with E-state index in [2.05, 4.69) is 49.5 Å². The quantitative estimate of drug-likeness (QED) is 0.174. The Kier molecular flexibility index (Phi) is 11.8. The number of ether oxygens (including phenoxy) is 1. The number of nitrogens with one attached hydrogen (secondary N) is 2. The van der Waals surface area contributed by atoms with Gasteiger partial charge in [0.2, 0.25) is 0 Å². The molecule has 0 aliphatic carbocycles. The Morgan fingerprint density at radius 2 is 1.85 bits per heavy atom. The Morgan fingerprint density at radius 1 is 1.12 bits per heavy atom. The normalized spacial score (nSPS) is 14.9. The molecule has 0 bridgehead atoms. The number of nitrogens with zero attached hydrogens (tertiary/aromatic N) is 2. The first-order valence-corrected chi connectivity index (χ1v) is 11.1. The maximum absolute atomic E-state index is 12.2. The molecule has 1 aliphatic rings. The number of guanidine groups is 1. The average molecular weight is 574 g/mol. The average Bonchev–Trinajstić information content (AvgIpc) is 2.80. The molecule has 0 saturated heterocycles. The predicted octanol–water partition coefficient (Wildman–Crippen LogP) is 3.94. The summed E-state index contributed by atoms with van der Waals surface area (Å²) < 4.78 is 28.8. The second kappa shape index (κ2) is 14.3. The van der Waals surface area contributed by atoms with Gasteiger partial charge in [-0.15, -0.1) is 24.0 Å². The SMILES string of the molecule is CCNC(=NCC(O)c1ccc(OC(F)F)cc1)NCCCN1CCc2ccccc2C1.I. The lowest BCUT2D eigenvalue weighted by molar-refractivity contribution is -0.0498. The lowest BCUT2D eigenvalue weighted by Crippen LogP contribution is -2.39. The highest BCUT2D eigenvalue weighted by Crippen LogP contribution is 2.20. The van der Waals surface area contributed by atoms with Crippen LogP contribution in [0.1, 0.15) is 36.1 Å². The van der Waals surface area contributed by atoms with Crippen LogP contribution in [0.3, 0.4) is 0 Å². The number of alkyl halides is 2. The molecule has 2 aromatic rings. The van der Waals surface area contributed by atoms with E-state index in [9.17, 15) is 13.9 Å². The first kappa shape index (κ1) is 27.3. The molecule has 0 radical (unpaired) electrons. The Morgan fingerprint density at radius 3 is 2.55 bits per heavy atom. The summed E-state index contributed by atoms with van der Waals surface area (Å²) in [6.45, 7) is 3.86. The Hall–Kier alpha value is -1.98. The van der Waals surface area contributed by atoms with Crippen LogP contribution in [-0.4, -0.2) is 55.3 Å². The number of hydrogen-bond donors (Lipinski definition) is 3. The van der Waals surface area contributed by atoms with Crippen molar-refractivity contribution in [1.29, 1.82) is 0 Å². The van der Waals surface area contributed by atoms with Gasteiger partial charge in [0.15, 0.2) is 5.96 Å². The Labute approximate surface area is 211 Å².